The molecule has 3 rings (SSSR count). The molecule has 1 saturated heterocycles. The van der Waals surface area contributed by atoms with Crippen LogP contribution < -0.4 is 4.90 Å². The molecule has 0 aromatic carbocycles. The van der Waals surface area contributed by atoms with Crippen LogP contribution in [0.4, 0.5) is 5.95 Å². The molecule has 0 saturated carbocycles. The topological polar surface area (TPSA) is 33.4 Å². The van der Waals surface area contributed by atoms with Gasteiger partial charge in [-0.15, -0.1) is 0 Å². The van der Waals surface area contributed by atoms with E-state index in [9.17, 15) is 0 Å². The van der Waals surface area contributed by atoms with E-state index in [2.05, 4.69) is 19.3 Å². The third-order valence-electron chi connectivity index (χ3n) is 2.79. The number of anilines is 1. The maximum Gasteiger partial charge on any atom is 0.211 e. The van der Waals surface area contributed by atoms with E-state index in [1.54, 1.807) is 0 Å². The standard InChI is InChI=1S/C11H14N4S/c1-9-8-10-12-2-3-15(10)11(13-9)14-4-6-16-7-5-14/h2-3,8H,4-7H2,1H3. The lowest BCUT2D eigenvalue weighted by Gasteiger charge is -2.27. The summed E-state index contributed by atoms with van der Waals surface area (Å²) in [5, 5.41) is 0. The fraction of sp³-hybridized carbons (Fsp3) is 0.455. The molecular formula is C11H14N4S. The number of hydrogen-bond donors (Lipinski definition) is 0. The van der Waals surface area contributed by atoms with Crippen molar-refractivity contribution in [3.8, 4) is 0 Å². The zero-order chi connectivity index (χ0) is 11.0. The highest BCUT2D eigenvalue weighted by Crippen LogP contribution is 2.19. The van der Waals surface area contributed by atoms with Gasteiger partial charge in [0, 0.05) is 48.7 Å². The van der Waals surface area contributed by atoms with E-state index in [4.69, 9.17) is 0 Å². The number of fused-ring (bicyclic) bond motifs is 1. The van der Waals surface area contributed by atoms with Gasteiger partial charge in [-0.25, -0.2) is 9.97 Å². The summed E-state index contributed by atoms with van der Waals surface area (Å²) in [5.41, 5.74) is 2.02. The highest BCUT2D eigenvalue weighted by atomic mass is 32.2. The fourth-order valence-corrected chi connectivity index (χ4v) is 2.91. The highest BCUT2D eigenvalue weighted by molar-refractivity contribution is 7.99. The summed E-state index contributed by atoms with van der Waals surface area (Å²) in [6, 6.07) is 2.02. The van der Waals surface area contributed by atoms with Crippen molar-refractivity contribution in [2.75, 3.05) is 29.5 Å². The average Bonchev–Trinajstić information content (AvgIpc) is 2.77. The minimum Gasteiger partial charge on any atom is -0.340 e. The second kappa shape index (κ2) is 3.97. The third kappa shape index (κ3) is 1.65. The molecule has 84 valence electrons. The maximum atomic E-state index is 4.64. The number of aryl methyl sites for hydroxylation is 1. The van der Waals surface area contributed by atoms with E-state index >= 15 is 0 Å². The lowest BCUT2D eigenvalue weighted by molar-refractivity contribution is 0.798. The van der Waals surface area contributed by atoms with E-state index in [0.717, 1.165) is 30.4 Å². The summed E-state index contributed by atoms with van der Waals surface area (Å²) in [5.74, 6) is 3.41. The maximum absolute atomic E-state index is 4.64. The van der Waals surface area contributed by atoms with Crippen LogP contribution in [0, 0.1) is 6.92 Å². The Hall–Kier alpha value is -1.23. The average molecular weight is 234 g/mol. The van der Waals surface area contributed by atoms with E-state index < -0.39 is 0 Å². The van der Waals surface area contributed by atoms with Gasteiger partial charge in [-0.3, -0.25) is 4.40 Å². The van der Waals surface area contributed by atoms with Gasteiger partial charge in [0.1, 0.15) is 5.65 Å². The van der Waals surface area contributed by atoms with Crippen molar-refractivity contribution in [2.24, 2.45) is 0 Å². The van der Waals surface area contributed by atoms with Gasteiger partial charge < -0.3 is 4.90 Å². The van der Waals surface area contributed by atoms with Crippen LogP contribution in [0.1, 0.15) is 5.69 Å². The minimum atomic E-state index is 0.987. The molecule has 1 aliphatic heterocycles. The first-order valence-electron chi connectivity index (χ1n) is 5.48. The van der Waals surface area contributed by atoms with Crippen LogP contribution in [0.5, 0.6) is 0 Å². The predicted octanol–water partition coefficient (Wildman–Crippen LogP) is 1.59. The molecule has 0 bridgehead atoms. The molecule has 1 aliphatic rings. The van der Waals surface area contributed by atoms with Crippen LogP contribution in [0.3, 0.4) is 0 Å². The summed E-state index contributed by atoms with van der Waals surface area (Å²) >= 11 is 2.01. The number of rotatable bonds is 1. The van der Waals surface area contributed by atoms with Crippen molar-refractivity contribution in [2.45, 2.75) is 6.92 Å². The van der Waals surface area contributed by atoms with Crippen LogP contribution in [0.25, 0.3) is 5.65 Å². The minimum absolute atomic E-state index is 0.987. The van der Waals surface area contributed by atoms with Crippen LogP contribution in [-0.4, -0.2) is 39.0 Å². The summed E-state index contributed by atoms with van der Waals surface area (Å²) in [6.45, 7) is 4.18. The third-order valence-corrected chi connectivity index (χ3v) is 3.74. The summed E-state index contributed by atoms with van der Waals surface area (Å²) in [4.78, 5) is 11.3. The van der Waals surface area contributed by atoms with Gasteiger partial charge in [0.2, 0.25) is 5.95 Å². The van der Waals surface area contributed by atoms with Gasteiger partial charge in [-0.2, -0.15) is 11.8 Å². The molecule has 0 spiro atoms. The molecule has 0 unspecified atom stereocenters. The Morgan fingerprint density at radius 2 is 2.12 bits per heavy atom. The molecule has 4 nitrogen and oxygen atoms in total. The van der Waals surface area contributed by atoms with Crippen molar-refractivity contribution < 1.29 is 0 Å². The molecule has 16 heavy (non-hydrogen) atoms. The molecule has 1 fully saturated rings. The zero-order valence-corrected chi connectivity index (χ0v) is 10.1. The lowest BCUT2D eigenvalue weighted by atomic mass is 10.4. The normalized spacial score (nSPS) is 16.9. The monoisotopic (exact) mass is 234 g/mol. The molecule has 0 aliphatic carbocycles. The zero-order valence-electron chi connectivity index (χ0n) is 9.26. The molecule has 2 aromatic rings. The van der Waals surface area contributed by atoms with E-state index in [1.807, 2.05) is 37.1 Å². The van der Waals surface area contributed by atoms with Gasteiger partial charge >= 0.3 is 0 Å². The first-order chi connectivity index (χ1) is 7.84. The van der Waals surface area contributed by atoms with Crippen molar-refractivity contribution in [1.29, 1.82) is 0 Å². The van der Waals surface area contributed by atoms with Gasteiger partial charge in [0.05, 0.1) is 0 Å². The Balaban J connectivity index is 2.09. The molecule has 3 heterocycles. The van der Waals surface area contributed by atoms with Crippen molar-refractivity contribution >= 4 is 23.4 Å². The predicted molar refractivity (Wildman–Crippen MR) is 67.3 cm³/mol. The molecule has 5 heteroatoms. The fourth-order valence-electron chi connectivity index (χ4n) is 2.01. The SMILES string of the molecule is Cc1cc2nccn2c(N2CCSCC2)n1. The number of thioether (sulfide) groups is 1. The van der Waals surface area contributed by atoms with E-state index in [-0.39, 0.29) is 0 Å². The molecule has 2 aromatic heterocycles. The van der Waals surface area contributed by atoms with Gasteiger partial charge in [0.25, 0.3) is 0 Å². The lowest BCUT2D eigenvalue weighted by Crippen LogP contribution is -2.34. The van der Waals surface area contributed by atoms with Gasteiger partial charge in [-0.1, -0.05) is 0 Å². The first kappa shape index (κ1) is 9.96. The Bertz CT molecular complexity index is 502. The summed E-state index contributed by atoms with van der Waals surface area (Å²) < 4.78 is 2.07. The Kier molecular flexibility index (Phi) is 2.47. The molecular weight excluding hydrogens is 220 g/mol. The number of aromatic nitrogens is 3. The largest absolute Gasteiger partial charge is 0.340 e. The van der Waals surface area contributed by atoms with Crippen LogP contribution >= 0.6 is 11.8 Å². The highest BCUT2D eigenvalue weighted by Gasteiger charge is 2.15. The number of hydrogen-bond acceptors (Lipinski definition) is 4. The Morgan fingerprint density at radius 1 is 1.31 bits per heavy atom. The second-order valence-electron chi connectivity index (χ2n) is 3.95. The molecule has 0 radical (unpaired) electrons. The number of imidazole rings is 1. The number of nitrogens with zero attached hydrogens (tertiary/aromatic N) is 4. The summed E-state index contributed by atoms with van der Waals surface area (Å²) in [6.07, 6.45) is 3.82. The van der Waals surface area contributed by atoms with Crippen molar-refractivity contribution in [3.63, 3.8) is 0 Å². The molecule has 0 amide bonds. The van der Waals surface area contributed by atoms with Crippen molar-refractivity contribution in [1.82, 2.24) is 14.4 Å². The van der Waals surface area contributed by atoms with Crippen molar-refractivity contribution in [3.05, 3.63) is 24.2 Å². The quantitative estimate of drug-likeness (QED) is 0.750. The van der Waals surface area contributed by atoms with Crippen LogP contribution in [0.15, 0.2) is 18.5 Å². The van der Waals surface area contributed by atoms with Gasteiger partial charge in [0.15, 0.2) is 0 Å². The van der Waals surface area contributed by atoms with E-state index in [0.29, 0.717) is 0 Å². The Labute approximate surface area is 98.7 Å². The smallest absolute Gasteiger partial charge is 0.211 e. The second-order valence-corrected chi connectivity index (χ2v) is 5.18. The first-order valence-corrected chi connectivity index (χ1v) is 6.63. The Morgan fingerprint density at radius 3 is 2.94 bits per heavy atom. The van der Waals surface area contributed by atoms with E-state index in [1.165, 1.54) is 11.5 Å². The van der Waals surface area contributed by atoms with Crippen LogP contribution in [0.2, 0.25) is 0 Å². The summed E-state index contributed by atoms with van der Waals surface area (Å²) in [7, 11) is 0. The molecule has 0 atom stereocenters. The molecule has 0 N–H and O–H groups in total. The van der Waals surface area contributed by atoms with Crippen LogP contribution in [-0.2, 0) is 0 Å². The van der Waals surface area contributed by atoms with Gasteiger partial charge in [-0.05, 0) is 6.92 Å².